The zero-order chi connectivity index (χ0) is 7.49. The Morgan fingerprint density at radius 1 is 1.33 bits per heavy atom. The third kappa shape index (κ3) is 7.96. The Hall–Kier alpha value is -0.0400. The van der Waals surface area contributed by atoms with Crippen LogP contribution in [0.5, 0.6) is 0 Å². The molecule has 0 spiro atoms. The second-order valence-corrected chi connectivity index (χ2v) is 4.08. The van der Waals surface area contributed by atoms with Gasteiger partial charge in [-0.3, -0.25) is 0 Å². The number of nitrogens with two attached hydrogens (primary N) is 1. The normalized spacial score (nSPS) is 15.7. The maximum Gasteiger partial charge on any atom is 0.00106 e. The molecule has 0 aromatic heterocycles. The number of hydrogen-bond donors (Lipinski definition) is 1. The second kappa shape index (κ2) is 3.21. The Balaban J connectivity index is 3.28. The zero-order valence-electron chi connectivity index (χ0n) is 7.07. The Bertz CT molecular complexity index is 69.1. The molecule has 1 atom stereocenters. The molecule has 56 valence electrons. The van der Waals surface area contributed by atoms with Gasteiger partial charge in [0.1, 0.15) is 0 Å². The van der Waals surface area contributed by atoms with Crippen LogP contribution < -0.4 is 5.73 Å². The van der Waals surface area contributed by atoms with Crippen molar-refractivity contribution >= 4 is 0 Å². The summed E-state index contributed by atoms with van der Waals surface area (Å²) in [5.74, 6) is 0. The van der Waals surface area contributed by atoms with Crippen LogP contribution >= 0.6 is 0 Å². The van der Waals surface area contributed by atoms with Gasteiger partial charge in [-0.25, -0.2) is 0 Å². The van der Waals surface area contributed by atoms with Gasteiger partial charge in [-0.15, -0.1) is 0 Å². The Morgan fingerprint density at radius 2 is 1.78 bits per heavy atom. The predicted molar refractivity (Wildman–Crippen MR) is 42.3 cm³/mol. The molecule has 0 fully saturated rings. The zero-order valence-corrected chi connectivity index (χ0v) is 7.07. The molecule has 0 aliphatic heterocycles. The van der Waals surface area contributed by atoms with Crippen molar-refractivity contribution in [2.75, 3.05) is 0 Å². The largest absolute Gasteiger partial charge is 0.328 e. The lowest BCUT2D eigenvalue weighted by Gasteiger charge is -2.18. The summed E-state index contributed by atoms with van der Waals surface area (Å²) in [5, 5.41) is 0. The molecule has 1 nitrogen and oxygen atoms in total. The van der Waals surface area contributed by atoms with Crippen LogP contribution in [0, 0.1) is 5.41 Å². The molecular formula is C8H19N. The van der Waals surface area contributed by atoms with Gasteiger partial charge in [0.2, 0.25) is 0 Å². The van der Waals surface area contributed by atoms with E-state index in [1.165, 1.54) is 6.42 Å². The Labute approximate surface area is 58.6 Å². The summed E-state index contributed by atoms with van der Waals surface area (Å²) in [6.45, 7) is 8.80. The van der Waals surface area contributed by atoms with Crippen LogP contribution in [0.3, 0.4) is 0 Å². The van der Waals surface area contributed by atoms with E-state index in [9.17, 15) is 0 Å². The highest BCUT2D eigenvalue weighted by Crippen LogP contribution is 2.20. The van der Waals surface area contributed by atoms with Crippen LogP contribution in [0.1, 0.15) is 40.5 Å². The summed E-state index contributed by atoms with van der Waals surface area (Å²) >= 11 is 0. The van der Waals surface area contributed by atoms with E-state index in [-0.39, 0.29) is 0 Å². The summed E-state index contributed by atoms with van der Waals surface area (Å²) in [7, 11) is 0. The Kier molecular flexibility index (Phi) is 3.20. The minimum absolute atomic E-state index is 0.365. The molecule has 2 N–H and O–H groups in total. The maximum absolute atomic E-state index is 5.60. The van der Waals surface area contributed by atoms with Crippen LogP contribution in [0.4, 0.5) is 0 Å². The number of hydrogen-bond acceptors (Lipinski definition) is 1. The van der Waals surface area contributed by atoms with Crippen molar-refractivity contribution in [3.8, 4) is 0 Å². The molecule has 0 rings (SSSR count). The topological polar surface area (TPSA) is 26.0 Å². The van der Waals surface area contributed by atoms with Crippen molar-refractivity contribution in [1.82, 2.24) is 0 Å². The predicted octanol–water partition coefficient (Wildman–Crippen LogP) is 2.16. The highest BCUT2D eigenvalue weighted by Gasteiger charge is 2.09. The molecule has 1 heteroatoms. The third-order valence-electron chi connectivity index (χ3n) is 1.35. The molecule has 0 aliphatic carbocycles. The molecule has 0 radical (unpaired) electrons. The summed E-state index contributed by atoms with van der Waals surface area (Å²) in [5.41, 5.74) is 6.05. The first-order valence-electron chi connectivity index (χ1n) is 3.67. The molecule has 0 saturated carbocycles. The smallest absolute Gasteiger partial charge is 0.00106 e. The van der Waals surface area contributed by atoms with E-state index >= 15 is 0 Å². The molecule has 0 unspecified atom stereocenters. The van der Waals surface area contributed by atoms with Gasteiger partial charge >= 0.3 is 0 Å². The molecular weight excluding hydrogens is 110 g/mol. The Morgan fingerprint density at radius 3 is 1.89 bits per heavy atom. The van der Waals surface area contributed by atoms with E-state index < -0.39 is 0 Å². The fourth-order valence-electron chi connectivity index (χ4n) is 0.661. The average molecular weight is 129 g/mol. The first-order chi connectivity index (χ1) is 3.92. The van der Waals surface area contributed by atoms with E-state index in [1.54, 1.807) is 0 Å². The van der Waals surface area contributed by atoms with Gasteiger partial charge in [0, 0.05) is 6.04 Å². The van der Waals surface area contributed by atoms with Gasteiger partial charge in [-0.05, 0) is 25.2 Å². The lowest BCUT2D eigenvalue weighted by molar-refractivity contribution is 0.352. The van der Waals surface area contributed by atoms with Crippen molar-refractivity contribution in [3.05, 3.63) is 0 Å². The van der Waals surface area contributed by atoms with Gasteiger partial charge in [0.05, 0.1) is 0 Å². The van der Waals surface area contributed by atoms with Crippen LogP contribution in [0.25, 0.3) is 0 Å². The van der Waals surface area contributed by atoms with Crippen LogP contribution in [0.15, 0.2) is 0 Å². The molecule has 0 heterocycles. The highest BCUT2D eigenvalue weighted by molar-refractivity contribution is 4.64. The van der Waals surface area contributed by atoms with Crippen LogP contribution in [-0.4, -0.2) is 6.04 Å². The lowest BCUT2D eigenvalue weighted by atomic mass is 9.89. The van der Waals surface area contributed by atoms with Crippen molar-refractivity contribution < 1.29 is 0 Å². The molecule has 0 amide bonds. The maximum atomic E-state index is 5.60. The first-order valence-corrected chi connectivity index (χ1v) is 3.67. The third-order valence-corrected chi connectivity index (χ3v) is 1.35. The van der Waals surface area contributed by atoms with Crippen molar-refractivity contribution in [1.29, 1.82) is 0 Å². The van der Waals surface area contributed by atoms with Crippen molar-refractivity contribution in [2.24, 2.45) is 11.1 Å². The molecule has 0 aromatic rings. The lowest BCUT2D eigenvalue weighted by Crippen LogP contribution is -2.18. The molecule has 9 heavy (non-hydrogen) atoms. The minimum atomic E-state index is 0.365. The quantitative estimate of drug-likeness (QED) is 0.607. The molecule has 0 aliphatic rings. The van der Waals surface area contributed by atoms with Gasteiger partial charge in [-0.1, -0.05) is 20.8 Å². The van der Waals surface area contributed by atoms with E-state index in [0.717, 1.165) is 6.42 Å². The fraction of sp³-hybridized carbons (Fsp3) is 1.00. The molecule has 0 saturated heterocycles. The minimum Gasteiger partial charge on any atom is -0.328 e. The summed E-state index contributed by atoms with van der Waals surface area (Å²) < 4.78 is 0. The van der Waals surface area contributed by atoms with E-state index in [0.29, 0.717) is 11.5 Å². The fourth-order valence-corrected chi connectivity index (χ4v) is 0.661. The number of rotatable bonds is 2. The highest BCUT2D eigenvalue weighted by atomic mass is 14.6. The van der Waals surface area contributed by atoms with Crippen LogP contribution in [0.2, 0.25) is 0 Å². The standard InChI is InChI=1S/C8H19N/c1-7(9)5-6-8(2,3)4/h7H,5-6,9H2,1-4H3/t7-/m0/s1. The van der Waals surface area contributed by atoms with Gasteiger partial charge in [0.25, 0.3) is 0 Å². The van der Waals surface area contributed by atoms with Gasteiger partial charge in [0.15, 0.2) is 0 Å². The van der Waals surface area contributed by atoms with E-state index in [1.807, 2.05) is 0 Å². The SMILES string of the molecule is C[C@H](N)CCC(C)(C)C. The van der Waals surface area contributed by atoms with Crippen LogP contribution in [-0.2, 0) is 0 Å². The molecule has 0 aromatic carbocycles. The average Bonchev–Trinajstić information content (AvgIpc) is 1.59. The summed E-state index contributed by atoms with van der Waals surface area (Å²) in [6, 6.07) is 0.365. The summed E-state index contributed by atoms with van der Waals surface area (Å²) in [4.78, 5) is 0. The molecule has 0 bridgehead atoms. The van der Waals surface area contributed by atoms with Gasteiger partial charge < -0.3 is 5.73 Å². The van der Waals surface area contributed by atoms with Crippen molar-refractivity contribution in [3.63, 3.8) is 0 Å². The summed E-state index contributed by atoms with van der Waals surface area (Å²) in [6.07, 6.45) is 2.37. The van der Waals surface area contributed by atoms with E-state index in [4.69, 9.17) is 5.73 Å². The second-order valence-electron chi connectivity index (χ2n) is 4.08. The van der Waals surface area contributed by atoms with E-state index in [2.05, 4.69) is 27.7 Å². The first kappa shape index (κ1) is 8.96. The van der Waals surface area contributed by atoms with Gasteiger partial charge in [-0.2, -0.15) is 0 Å². The monoisotopic (exact) mass is 129 g/mol. The van der Waals surface area contributed by atoms with Crippen molar-refractivity contribution in [2.45, 2.75) is 46.6 Å².